The predicted molar refractivity (Wildman–Crippen MR) is 116 cm³/mol. The molecule has 12 heteroatoms. The number of nitro groups is 2. The number of halogens is 1. The summed E-state index contributed by atoms with van der Waals surface area (Å²) in [5, 5.41) is 29.2. The van der Waals surface area contributed by atoms with Crippen molar-refractivity contribution in [3.63, 3.8) is 0 Å². The van der Waals surface area contributed by atoms with Crippen LogP contribution in [0.25, 0.3) is 0 Å². The third-order valence-corrected chi connectivity index (χ3v) is 4.81. The van der Waals surface area contributed by atoms with Crippen LogP contribution in [0.15, 0.2) is 42.6 Å². The normalized spacial score (nSPS) is 10.6. The Labute approximate surface area is 186 Å². The molecule has 3 aromatic rings. The van der Waals surface area contributed by atoms with Crippen molar-refractivity contribution in [3.05, 3.63) is 79.1 Å². The first-order chi connectivity index (χ1) is 15.1. The first kappa shape index (κ1) is 22.7. The van der Waals surface area contributed by atoms with Crippen molar-refractivity contribution in [1.29, 1.82) is 0 Å². The van der Waals surface area contributed by atoms with Gasteiger partial charge in [0.25, 0.3) is 5.69 Å². The zero-order chi connectivity index (χ0) is 23.4. The van der Waals surface area contributed by atoms with Crippen molar-refractivity contribution < 1.29 is 19.4 Å². The number of carbonyl (C=O) groups excluding carboxylic acids is 1. The average Bonchev–Trinajstić information content (AvgIpc) is 3.09. The van der Waals surface area contributed by atoms with Crippen LogP contribution in [0.4, 0.5) is 17.1 Å². The van der Waals surface area contributed by atoms with Gasteiger partial charge in [0.2, 0.25) is 5.91 Å². The van der Waals surface area contributed by atoms with E-state index in [9.17, 15) is 25.0 Å². The molecule has 3 rings (SSSR count). The van der Waals surface area contributed by atoms with E-state index in [2.05, 4.69) is 10.4 Å². The smallest absolute Gasteiger partial charge is 0.309 e. The fraction of sp³-hybridized carbons (Fsp3) is 0.200. The maximum absolute atomic E-state index is 12.4. The van der Waals surface area contributed by atoms with Crippen LogP contribution in [0.2, 0.25) is 5.02 Å². The second-order valence-corrected chi connectivity index (χ2v) is 7.31. The van der Waals surface area contributed by atoms with Crippen molar-refractivity contribution in [2.24, 2.45) is 0 Å². The molecule has 0 radical (unpaired) electrons. The van der Waals surface area contributed by atoms with E-state index in [0.717, 1.165) is 11.8 Å². The molecule has 0 aliphatic carbocycles. The van der Waals surface area contributed by atoms with Crippen molar-refractivity contribution in [1.82, 2.24) is 9.78 Å². The molecule has 1 heterocycles. The minimum absolute atomic E-state index is 0.0468. The highest BCUT2D eigenvalue weighted by Gasteiger charge is 2.18. The molecule has 166 valence electrons. The number of nitrogens with zero attached hydrogens (tertiary/aromatic N) is 4. The number of hydrogen-bond acceptors (Lipinski definition) is 7. The van der Waals surface area contributed by atoms with Gasteiger partial charge in [-0.3, -0.25) is 29.7 Å². The molecule has 1 N–H and O–H groups in total. The number of hydrogen-bond donors (Lipinski definition) is 1. The number of benzene rings is 2. The number of rotatable bonds is 8. The largest absolute Gasteiger partial charge is 0.457 e. The quantitative estimate of drug-likeness (QED) is 0.376. The van der Waals surface area contributed by atoms with E-state index in [0.29, 0.717) is 16.5 Å². The minimum Gasteiger partial charge on any atom is -0.457 e. The first-order valence-corrected chi connectivity index (χ1v) is 9.72. The molecule has 11 nitrogen and oxygen atoms in total. The Morgan fingerprint density at radius 2 is 1.91 bits per heavy atom. The SMILES string of the molecule is Cc1cc(Cl)ccc1Oc1cc(NC(=O)CCn2ncc([N+](=O)[O-])c2C)cc([N+](=O)[O-])c1. The Hall–Kier alpha value is -3.99. The van der Waals surface area contributed by atoms with Gasteiger partial charge in [-0.2, -0.15) is 5.10 Å². The molecule has 0 aliphatic heterocycles. The van der Waals surface area contributed by atoms with Gasteiger partial charge >= 0.3 is 5.69 Å². The number of aryl methyl sites for hydroxylation is 2. The number of nitro benzene ring substituents is 1. The molecular weight excluding hydrogens is 442 g/mol. The number of aromatic nitrogens is 2. The molecule has 0 unspecified atom stereocenters. The molecule has 0 bridgehead atoms. The summed E-state index contributed by atoms with van der Waals surface area (Å²) in [6.07, 6.45) is 1.07. The third kappa shape index (κ3) is 5.38. The molecule has 1 aromatic heterocycles. The zero-order valence-corrected chi connectivity index (χ0v) is 17.8. The van der Waals surface area contributed by atoms with E-state index in [-0.39, 0.29) is 35.8 Å². The Bertz CT molecular complexity index is 1210. The molecule has 32 heavy (non-hydrogen) atoms. The van der Waals surface area contributed by atoms with Gasteiger partial charge in [-0.05, 0) is 37.6 Å². The van der Waals surface area contributed by atoms with Crippen LogP contribution in [0.1, 0.15) is 17.7 Å². The molecule has 0 spiro atoms. The summed E-state index contributed by atoms with van der Waals surface area (Å²) in [6, 6.07) is 8.88. The molecule has 0 saturated carbocycles. The highest BCUT2D eigenvalue weighted by Crippen LogP contribution is 2.32. The van der Waals surface area contributed by atoms with E-state index in [1.807, 2.05) is 0 Å². The van der Waals surface area contributed by atoms with Crippen LogP contribution in [0.5, 0.6) is 11.5 Å². The number of non-ortho nitro benzene ring substituents is 1. The van der Waals surface area contributed by atoms with Crippen LogP contribution < -0.4 is 10.1 Å². The lowest BCUT2D eigenvalue weighted by molar-refractivity contribution is -0.385. The predicted octanol–water partition coefficient (Wildman–Crippen LogP) is 4.79. The van der Waals surface area contributed by atoms with Gasteiger partial charge in [-0.15, -0.1) is 0 Å². The number of nitrogens with one attached hydrogen (secondary N) is 1. The Morgan fingerprint density at radius 3 is 2.53 bits per heavy atom. The van der Waals surface area contributed by atoms with Crippen molar-refractivity contribution >= 4 is 34.6 Å². The summed E-state index contributed by atoms with van der Waals surface area (Å²) in [7, 11) is 0. The van der Waals surface area contributed by atoms with Crippen LogP contribution in [0.3, 0.4) is 0 Å². The lowest BCUT2D eigenvalue weighted by Crippen LogP contribution is -2.15. The standard InChI is InChI=1S/C20H18ClN5O6/c1-12-7-14(21)3-4-19(12)32-17-9-15(8-16(10-17)25(28)29)23-20(27)5-6-24-13(2)18(11-22-24)26(30)31/h3-4,7-11H,5-6H2,1-2H3,(H,23,27). The molecule has 0 atom stereocenters. The Morgan fingerprint density at radius 1 is 1.16 bits per heavy atom. The monoisotopic (exact) mass is 459 g/mol. The van der Waals surface area contributed by atoms with Gasteiger partial charge in [-0.1, -0.05) is 11.6 Å². The molecule has 0 saturated heterocycles. The summed E-state index contributed by atoms with van der Waals surface area (Å²) in [4.78, 5) is 33.4. The van der Waals surface area contributed by atoms with Crippen LogP contribution in [-0.4, -0.2) is 25.5 Å². The molecule has 0 aliphatic rings. The highest BCUT2D eigenvalue weighted by atomic mass is 35.5. The van der Waals surface area contributed by atoms with E-state index < -0.39 is 15.8 Å². The van der Waals surface area contributed by atoms with Gasteiger partial charge in [0.1, 0.15) is 23.4 Å². The van der Waals surface area contributed by atoms with Gasteiger partial charge < -0.3 is 10.1 Å². The maximum atomic E-state index is 12.4. The molecule has 2 aromatic carbocycles. The summed E-state index contributed by atoms with van der Waals surface area (Å²) in [6.45, 7) is 3.42. The first-order valence-electron chi connectivity index (χ1n) is 9.34. The van der Waals surface area contributed by atoms with E-state index in [1.54, 1.807) is 25.1 Å². The van der Waals surface area contributed by atoms with Crippen molar-refractivity contribution in [3.8, 4) is 11.5 Å². The van der Waals surface area contributed by atoms with E-state index in [1.165, 1.54) is 29.8 Å². The Kier molecular flexibility index (Phi) is 6.69. The topological polar surface area (TPSA) is 142 Å². The third-order valence-electron chi connectivity index (χ3n) is 4.58. The zero-order valence-electron chi connectivity index (χ0n) is 17.1. The van der Waals surface area contributed by atoms with Gasteiger partial charge in [0, 0.05) is 23.6 Å². The van der Waals surface area contributed by atoms with E-state index >= 15 is 0 Å². The summed E-state index contributed by atoms with van der Waals surface area (Å²) in [5.74, 6) is 0.179. The summed E-state index contributed by atoms with van der Waals surface area (Å²) in [5.41, 5.74) is 0.839. The fourth-order valence-electron chi connectivity index (χ4n) is 2.95. The maximum Gasteiger partial charge on any atom is 0.309 e. The van der Waals surface area contributed by atoms with Crippen LogP contribution in [-0.2, 0) is 11.3 Å². The second kappa shape index (κ2) is 9.43. The number of ether oxygens (including phenoxy) is 1. The fourth-order valence-corrected chi connectivity index (χ4v) is 3.17. The minimum atomic E-state index is -0.594. The summed E-state index contributed by atoms with van der Waals surface area (Å²) < 4.78 is 7.11. The summed E-state index contributed by atoms with van der Waals surface area (Å²) >= 11 is 5.94. The lowest BCUT2D eigenvalue weighted by Gasteiger charge is -2.11. The van der Waals surface area contributed by atoms with Gasteiger partial charge in [0.05, 0.1) is 28.1 Å². The number of carbonyl (C=O) groups is 1. The van der Waals surface area contributed by atoms with Gasteiger partial charge in [-0.25, -0.2) is 0 Å². The van der Waals surface area contributed by atoms with Crippen molar-refractivity contribution in [2.45, 2.75) is 26.8 Å². The molecule has 0 fully saturated rings. The molecular formula is C20H18ClN5O6. The highest BCUT2D eigenvalue weighted by molar-refractivity contribution is 6.30. The average molecular weight is 460 g/mol. The van der Waals surface area contributed by atoms with Crippen LogP contribution >= 0.6 is 11.6 Å². The number of anilines is 1. The Balaban J connectivity index is 1.74. The number of amides is 1. The second-order valence-electron chi connectivity index (χ2n) is 6.88. The van der Waals surface area contributed by atoms with Gasteiger partial charge in [0.15, 0.2) is 0 Å². The van der Waals surface area contributed by atoms with Crippen molar-refractivity contribution in [2.75, 3.05) is 5.32 Å². The lowest BCUT2D eigenvalue weighted by atomic mass is 10.2. The van der Waals surface area contributed by atoms with E-state index in [4.69, 9.17) is 16.3 Å². The molecule has 1 amide bonds. The van der Waals surface area contributed by atoms with Crippen LogP contribution in [0, 0.1) is 34.1 Å².